The highest BCUT2D eigenvalue weighted by atomic mass is 31.2. The van der Waals surface area contributed by atoms with Crippen molar-refractivity contribution in [1.29, 1.82) is 0 Å². The molecule has 3 atom stereocenters. The van der Waals surface area contributed by atoms with Crippen LogP contribution in [0.2, 0.25) is 0 Å². The first kappa shape index (κ1) is 78.4. The second-order valence-electron chi connectivity index (χ2n) is 23.1. The standard InChI is InChI=1S/C73H125N2O6P/c1-6-8-10-12-14-16-18-20-22-24-26-28-30-31-32-33-34-35-36-37-38-39-40-41-42-43-45-47-49-51-53-55-57-59-61-63-65-67-73(77)74-71(70-81-82(78,79)80-69-68-75(3,4)5)72(76)66-64-62-60-58-56-54-52-50-48-46-44-29-27-25-23-21-19-17-15-13-11-9-7-2/h8,10,14,16,20,22,26,28,31-32,34-35,37-38,40-41,43,45,48,50,56,58,64,66,71-72,76H,6-7,9,11-13,15,17-19,21,23-25,27,29-30,33,36,39,42,44,46-47,49,51-55,57,59-63,65,67-70H2,1-5H3,(H-,74,77,78,79)/b10-8-,16-14-,22-20-,28-26-,32-31-,35-34-,38-37-,41-40-,45-43-,50-48+,58-56+,66-64+. The number of likely N-dealkylation sites (N-methyl/N-ethyl adjacent to an activating group) is 1. The summed E-state index contributed by atoms with van der Waals surface area (Å²) in [6, 6.07) is -0.925. The number of unbranched alkanes of at least 4 members (excludes halogenated alkanes) is 24. The van der Waals surface area contributed by atoms with E-state index in [-0.39, 0.29) is 12.5 Å². The van der Waals surface area contributed by atoms with Gasteiger partial charge in [0.05, 0.1) is 39.9 Å². The van der Waals surface area contributed by atoms with Crippen molar-refractivity contribution in [2.75, 3.05) is 40.9 Å². The maximum Gasteiger partial charge on any atom is 0.268 e. The summed E-state index contributed by atoms with van der Waals surface area (Å²) >= 11 is 0. The molecule has 0 aromatic heterocycles. The lowest BCUT2D eigenvalue weighted by Crippen LogP contribution is -2.45. The molecule has 0 aliphatic heterocycles. The molecule has 0 radical (unpaired) electrons. The Kier molecular flexibility index (Phi) is 59.2. The van der Waals surface area contributed by atoms with Gasteiger partial charge in [-0.05, 0) is 116 Å². The van der Waals surface area contributed by atoms with Crippen LogP contribution >= 0.6 is 7.82 Å². The van der Waals surface area contributed by atoms with Gasteiger partial charge in [0.15, 0.2) is 0 Å². The first-order chi connectivity index (χ1) is 40.0. The van der Waals surface area contributed by atoms with E-state index in [0.717, 1.165) is 116 Å². The molecule has 0 saturated carbocycles. The zero-order valence-electron chi connectivity index (χ0n) is 53.4. The average Bonchev–Trinajstić information content (AvgIpc) is 3.47. The normalized spacial score (nSPS) is 14.7. The van der Waals surface area contributed by atoms with Crippen LogP contribution in [-0.4, -0.2) is 68.5 Å². The van der Waals surface area contributed by atoms with Crippen molar-refractivity contribution >= 4 is 13.7 Å². The van der Waals surface area contributed by atoms with Gasteiger partial charge in [-0.3, -0.25) is 9.36 Å². The molecular formula is C73H125N2O6P. The smallest absolute Gasteiger partial charge is 0.268 e. The van der Waals surface area contributed by atoms with Crippen LogP contribution < -0.4 is 10.2 Å². The van der Waals surface area contributed by atoms with Gasteiger partial charge < -0.3 is 28.8 Å². The summed E-state index contributed by atoms with van der Waals surface area (Å²) in [7, 11) is 1.21. The molecule has 0 fully saturated rings. The van der Waals surface area contributed by atoms with E-state index in [2.05, 4.69) is 153 Å². The molecule has 0 aliphatic carbocycles. The molecule has 0 saturated heterocycles. The molecule has 0 aromatic carbocycles. The van der Waals surface area contributed by atoms with Crippen LogP contribution in [-0.2, 0) is 18.4 Å². The van der Waals surface area contributed by atoms with Crippen LogP contribution in [0, 0.1) is 0 Å². The number of carbonyl (C=O) groups excluding carboxylic acids is 1. The number of amides is 1. The molecule has 82 heavy (non-hydrogen) atoms. The van der Waals surface area contributed by atoms with Gasteiger partial charge in [-0.15, -0.1) is 0 Å². The third-order valence-electron chi connectivity index (χ3n) is 14.0. The van der Waals surface area contributed by atoms with E-state index in [4.69, 9.17) is 9.05 Å². The number of hydrogen-bond acceptors (Lipinski definition) is 6. The molecule has 0 aliphatic rings. The van der Waals surface area contributed by atoms with Crippen molar-refractivity contribution in [1.82, 2.24) is 5.32 Å². The van der Waals surface area contributed by atoms with E-state index in [1.54, 1.807) is 6.08 Å². The number of aliphatic hydroxyl groups is 1. The number of phosphoric acid groups is 1. The Balaban J connectivity index is 4.22. The number of allylic oxidation sites excluding steroid dienone is 23. The van der Waals surface area contributed by atoms with Gasteiger partial charge in [-0.2, -0.15) is 0 Å². The highest BCUT2D eigenvalue weighted by Gasteiger charge is 2.23. The highest BCUT2D eigenvalue weighted by Crippen LogP contribution is 2.38. The summed E-state index contributed by atoms with van der Waals surface area (Å²) in [5.41, 5.74) is 0. The molecule has 3 unspecified atom stereocenters. The minimum absolute atomic E-state index is 0.0174. The molecule has 0 rings (SSSR count). The first-order valence-corrected chi connectivity index (χ1v) is 34.7. The third-order valence-corrected chi connectivity index (χ3v) is 15.0. The fraction of sp³-hybridized carbons (Fsp3) is 0.658. The van der Waals surface area contributed by atoms with Gasteiger partial charge in [0.2, 0.25) is 5.91 Å². The summed E-state index contributed by atoms with van der Waals surface area (Å²) in [6.45, 7) is 4.50. The van der Waals surface area contributed by atoms with Gasteiger partial charge in [0.25, 0.3) is 7.82 Å². The topological polar surface area (TPSA) is 108 Å². The van der Waals surface area contributed by atoms with Crippen LogP contribution in [0.1, 0.15) is 258 Å². The third kappa shape index (κ3) is 64.0. The summed E-state index contributed by atoms with van der Waals surface area (Å²) in [5, 5.41) is 13.9. The average molecular weight is 1160 g/mol. The Labute approximate surface area is 506 Å². The van der Waals surface area contributed by atoms with Gasteiger partial charge in [-0.25, -0.2) is 0 Å². The zero-order chi connectivity index (χ0) is 59.8. The quantitative estimate of drug-likeness (QED) is 0.0272. The summed E-state index contributed by atoms with van der Waals surface area (Å²) in [6.07, 6.45) is 95.2. The Morgan fingerprint density at radius 3 is 1.13 bits per heavy atom. The molecule has 0 bridgehead atoms. The fourth-order valence-electron chi connectivity index (χ4n) is 8.88. The van der Waals surface area contributed by atoms with Gasteiger partial charge in [-0.1, -0.05) is 282 Å². The monoisotopic (exact) mass is 1160 g/mol. The van der Waals surface area contributed by atoms with Crippen molar-refractivity contribution in [3.05, 3.63) is 146 Å². The van der Waals surface area contributed by atoms with E-state index in [1.807, 2.05) is 27.2 Å². The lowest BCUT2D eigenvalue weighted by Gasteiger charge is -2.29. The van der Waals surface area contributed by atoms with E-state index < -0.39 is 26.6 Å². The minimum atomic E-state index is -4.63. The first-order valence-electron chi connectivity index (χ1n) is 33.2. The molecule has 8 nitrogen and oxygen atoms in total. The van der Waals surface area contributed by atoms with E-state index in [9.17, 15) is 19.4 Å². The van der Waals surface area contributed by atoms with E-state index in [0.29, 0.717) is 17.4 Å². The van der Waals surface area contributed by atoms with Crippen LogP contribution in [0.15, 0.2) is 146 Å². The number of nitrogens with one attached hydrogen (secondary N) is 1. The van der Waals surface area contributed by atoms with Crippen molar-refractivity contribution in [3.8, 4) is 0 Å². The van der Waals surface area contributed by atoms with E-state index in [1.165, 1.54) is 122 Å². The number of hydrogen-bond donors (Lipinski definition) is 2. The Hall–Kier alpha value is -3.62. The van der Waals surface area contributed by atoms with Crippen LogP contribution in [0.4, 0.5) is 0 Å². The predicted molar refractivity (Wildman–Crippen MR) is 357 cm³/mol. The Morgan fingerprint density at radius 2 is 0.756 bits per heavy atom. The second kappa shape index (κ2) is 61.9. The maximum atomic E-state index is 13.0. The lowest BCUT2D eigenvalue weighted by molar-refractivity contribution is -0.870. The molecule has 468 valence electrons. The van der Waals surface area contributed by atoms with Crippen LogP contribution in [0.3, 0.4) is 0 Å². The zero-order valence-corrected chi connectivity index (χ0v) is 54.3. The predicted octanol–water partition coefficient (Wildman–Crippen LogP) is 20.6. The molecule has 0 heterocycles. The maximum absolute atomic E-state index is 13.0. The van der Waals surface area contributed by atoms with Gasteiger partial charge in [0.1, 0.15) is 13.2 Å². The fourth-order valence-corrected chi connectivity index (χ4v) is 9.61. The molecule has 9 heteroatoms. The van der Waals surface area contributed by atoms with Gasteiger partial charge in [0, 0.05) is 6.42 Å². The van der Waals surface area contributed by atoms with E-state index >= 15 is 0 Å². The Bertz CT molecular complexity index is 1840. The number of quaternary nitrogens is 1. The minimum Gasteiger partial charge on any atom is -0.756 e. The summed E-state index contributed by atoms with van der Waals surface area (Å²) in [5.74, 6) is -0.223. The number of rotatable bonds is 59. The number of phosphoric ester groups is 1. The number of carbonyl (C=O) groups is 1. The Morgan fingerprint density at radius 1 is 0.439 bits per heavy atom. The van der Waals surface area contributed by atoms with Crippen molar-refractivity contribution in [2.24, 2.45) is 0 Å². The van der Waals surface area contributed by atoms with Crippen LogP contribution in [0.5, 0.6) is 0 Å². The second-order valence-corrected chi connectivity index (χ2v) is 24.5. The largest absolute Gasteiger partial charge is 0.756 e. The SMILES string of the molecule is CC/C=C\C/C=C\C/C=C\C/C=C\C/C=C\C/C=C\C/C=C\C/C=C\C/C=C\CCCCCCCCCCCC(=O)NC(COP(=O)([O-])OCC[N+](C)(C)C)C(O)/C=C/CC/C=C/CC/C=C/CCCCCCCCCCCCCCC. The van der Waals surface area contributed by atoms with Crippen molar-refractivity contribution in [3.63, 3.8) is 0 Å². The van der Waals surface area contributed by atoms with Crippen molar-refractivity contribution in [2.45, 2.75) is 270 Å². The van der Waals surface area contributed by atoms with Gasteiger partial charge >= 0.3 is 0 Å². The lowest BCUT2D eigenvalue weighted by atomic mass is 10.0. The van der Waals surface area contributed by atoms with Crippen LogP contribution in [0.25, 0.3) is 0 Å². The molecule has 1 amide bonds. The number of nitrogens with zero attached hydrogens (tertiary/aromatic N) is 1. The summed E-state index contributed by atoms with van der Waals surface area (Å²) < 4.78 is 23.4. The molecule has 0 spiro atoms. The van der Waals surface area contributed by atoms with Crippen molar-refractivity contribution < 1.29 is 32.9 Å². The highest BCUT2D eigenvalue weighted by molar-refractivity contribution is 7.45. The number of aliphatic hydroxyl groups excluding tert-OH is 1. The molecule has 0 aromatic rings. The molecular weight excluding hydrogens is 1030 g/mol. The molecule has 2 N–H and O–H groups in total. The summed E-state index contributed by atoms with van der Waals surface area (Å²) in [4.78, 5) is 25.6.